The molecule has 1 aliphatic heterocycles. The summed E-state index contributed by atoms with van der Waals surface area (Å²) in [6.07, 6.45) is -0.800. The van der Waals surface area contributed by atoms with Crippen molar-refractivity contribution in [1.82, 2.24) is 4.90 Å². The molecule has 152 valence electrons. The number of anilines is 1. The number of nitrogens with zero attached hydrogens (tertiary/aromatic N) is 1. The molecular weight excluding hydrogens is 387 g/mol. The molecule has 1 aliphatic rings. The molecule has 1 aromatic carbocycles. The molecule has 0 bridgehead atoms. The molecular formula is C19H23FN2O5S. The summed E-state index contributed by atoms with van der Waals surface area (Å²) in [7, 11) is 1.42. The third-order valence-electron chi connectivity index (χ3n) is 3.85. The largest absolute Gasteiger partial charge is 0.511 e. The first kappa shape index (κ1) is 21.6. The van der Waals surface area contributed by atoms with Gasteiger partial charge in [-0.15, -0.1) is 0 Å². The first-order valence-corrected chi connectivity index (χ1v) is 8.98. The van der Waals surface area contributed by atoms with Gasteiger partial charge in [0.05, 0.1) is 12.8 Å². The normalized spacial score (nSPS) is 14.8. The highest BCUT2D eigenvalue weighted by molar-refractivity contribution is 7.81. The van der Waals surface area contributed by atoms with E-state index in [1.54, 1.807) is 27.7 Å². The fourth-order valence-corrected chi connectivity index (χ4v) is 3.02. The fraction of sp³-hybridized carbons (Fsp3) is 0.421. The molecule has 0 unspecified atom stereocenters. The number of aryl methyl sites for hydroxylation is 1. The number of nitrogens with one attached hydrogen (secondary N) is 1. The Bertz CT molecular complexity index is 861. The van der Waals surface area contributed by atoms with E-state index < -0.39 is 23.4 Å². The number of hydrogen-bond donors (Lipinski definition) is 2. The van der Waals surface area contributed by atoms with Gasteiger partial charge in [0.1, 0.15) is 33.5 Å². The lowest BCUT2D eigenvalue weighted by Gasteiger charge is -2.30. The predicted octanol–water partition coefficient (Wildman–Crippen LogP) is 3.86. The molecule has 2 N–H and O–H groups in total. The molecule has 2 rings (SSSR count). The van der Waals surface area contributed by atoms with Gasteiger partial charge < -0.3 is 19.9 Å². The molecule has 0 radical (unpaired) electrons. The molecule has 0 fully saturated rings. The molecule has 1 aromatic rings. The minimum Gasteiger partial charge on any atom is -0.511 e. The summed E-state index contributed by atoms with van der Waals surface area (Å²) in [5.74, 6) is -1.22. The van der Waals surface area contributed by atoms with Crippen LogP contribution in [-0.2, 0) is 9.53 Å². The van der Waals surface area contributed by atoms with Gasteiger partial charge in [0.25, 0.3) is 5.91 Å². The van der Waals surface area contributed by atoms with E-state index in [1.807, 2.05) is 0 Å². The Labute approximate surface area is 168 Å². The van der Waals surface area contributed by atoms with Gasteiger partial charge in [0.2, 0.25) is 0 Å². The van der Waals surface area contributed by atoms with E-state index >= 15 is 0 Å². The number of halogens is 1. The quantitative estimate of drug-likeness (QED) is 0.732. The maximum atomic E-state index is 13.8. The third kappa shape index (κ3) is 4.78. The van der Waals surface area contributed by atoms with Gasteiger partial charge in [-0.05, 0) is 39.3 Å². The van der Waals surface area contributed by atoms with Gasteiger partial charge in [0, 0.05) is 19.0 Å². The van der Waals surface area contributed by atoms with E-state index in [4.69, 9.17) is 21.7 Å². The van der Waals surface area contributed by atoms with Crippen molar-refractivity contribution in [3.8, 4) is 5.75 Å². The number of hydrogen-bond acceptors (Lipinski definition) is 6. The highest BCUT2D eigenvalue weighted by Crippen LogP contribution is 2.31. The molecule has 0 aliphatic carbocycles. The molecule has 28 heavy (non-hydrogen) atoms. The molecule has 0 aromatic heterocycles. The number of methoxy groups -OCH3 is 1. The highest BCUT2D eigenvalue weighted by Gasteiger charge is 2.36. The van der Waals surface area contributed by atoms with E-state index in [0.29, 0.717) is 11.3 Å². The molecule has 7 nitrogen and oxygen atoms in total. The predicted molar refractivity (Wildman–Crippen MR) is 106 cm³/mol. The Kier molecular flexibility index (Phi) is 6.28. The summed E-state index contributed by atoms with van der Waals surface area (Å²) in [5.41, 5.74) is -0.300. The van der Waals surface area contributed by atoms with Crippen LogP contribution in [0.15, 0.2) is 23.5 Å². The first-order valence-electron chi connectivity index (χ1n) is 8.57. The maximum Gasteiger partial charge on any atom is 0.417 e. The van der Waals surface area contributed by atoms with Crippen LogP contribution in [0.3, 0.4) is 0 Å². The Morgan fingerprint density at radius 1 is 1.36 bits per heavy atom. The van der Waals surface area contributed by atoms with Crippen molar-refractivity contribution in [2.75, 3.05) is 19.0 Å². The van der Waals surface area contributed by atoms with Crippen LogP contribution in [0.1, 0.15) is 32.8 Å². The Morgan fingerprint density at radius 3 is 2.57 bits per heavy atom. The summed E-state index contributed by atoms with van der Waals surface area (Å²) >= 11 is 5.25. The minimum absolute atomic E-state index is 0.0292. The van der Waals surface area contributed by atoms with E-state index in [2.05, 4.69) is 5.32 Å². The lowest BCUT2D eigenvalue weighted by molar-refractivity contribution is -0.126. The van der Waals surface area contributed by atoms with Crippen molar-refractivity contribution in [3.63, 3.8) is 0 Å². The average Bonchev–Trinajstić information content (AvgIpc) is 2.52. The highest BCUT2D eigenvalue weighted by atomic mass is 32.1. The standard InChI is InChI=1S/C19H23FN2O5S/c1-10-8-11(20)9-12(15(10)26-5)21-16(28)14-13(23)6-7-22(17(14)24)18(25)27-19(2,3)4/h8-9,23H,6-7H2,1-5H3,(H,21,28). The van der Waals surface area contributed by atoms with Gasteiger partial charge in [-0.1, -0.05) is 12.2 Å². The number of ether oxygens (including phenoxy) is 2. The Balaban J connectivity index is 2.30. The Morgan fingerprint density at radius 2 is 2.00 bits per heavy atom. The van der Waals surface area contributed by atoms with Crippen LogP contribution in [0.25, 0.3) is 0 Å². The molecule has 0 saturated carbocycles. The summed E-state index contributed by atoms with van der Waals surface area (Å²) in [5, 5.41) is 12.9. The molecule has 1 heterocycles. The monoisotopic (exact) mass is 410 g/mol. The average molecular weight is 410 g/mol. The zero-order valence-corrected chi connectivity index (χ0v) is 17.2. The van der Waals surface area contributed by atoms with Crippen molar-refractivity contribution in [3.05, 3.63) is 34.8 Å². The van der Waals surface area contributed by atoms with E-state index in [0.717, 1.165) is 11.0 Å². The van der Waals surface area contributed by atoms with Crippen molar-refractivity contribution in [2.24, 2.45) is 0 Å². The molecule has 0 spiro atoms. The second kappa shape index (κ2) is 8.14. The van der Waals surface area contributed by atoms with Crippen LogP contribution in [0.4, 0.5) is 14.9 Å². The summed E-state index contributed by atoms with van der Waals surface area (Å²) in [4.78, 5) is 25.8. The number of imide groups is 1. The topological polar surface area (TPSA) is 88.1 Å². The second-order valence-electron chi connectivity index (χ2n) is 7.27. The van der Waals surface area contributed by atoms with E-state index in [-0.39, 0.29) is 35.0 Å². The van der Waals surface area contributed by atoms with Gasteiger partial charge in [-0.25, -0.2) is 14.1 Å². The van der Waals surface area contributed by atoms with Crippen LogP contribution >= 0.6 is 12.2 Å². The second-order valence-corrected chi connectivity index (χ2v) is 7.67. The van der Waals surface area contributed by atoms with Crippen LogP contribution < -0.4 is 10.1 Å². The third-order valence-corrected chi connectivity index (χ3v) is 4.16. The van der Waals surface area contributed by atoms with E-state index in [1.165, 1.54) is 13.2 Å². The van der Waals surface area contributed by atoms with Crippen LogP contribution in [0.5, 0.6) is 5.75 Å². The van der Waals surface area contributed by atoms with E-state index in [9.17, 15) is 19.1 Å². The number of benzene rings is 1. The van der Waals surface area contributed by atoms with Gasteiger partial charge in [-0.2, -0.15) is 0 Å². The first-order chi connectivity index (χ1) is 12.9. The number of carbonyl (C=O) groups excluding carboxylic acids is 2. The Hall–Kier alpha value is -2.68. The summed E-state index contributed by atoms with van der Waals surface area (Å²) in [6.45, 7) is 6.66. The number of rotatable bonds is 3. The smallest absolute Gasteiger partial charge is 0.417 e. The molecule has 2 amide bonds. The number of amides is 2. The SMILES string of the molecule is COc1c(C)cc(F)cc1NC(=S)C1=C(O)CCN(C(=O)OC(C)(C)C)C1=O. The van der Waals surface area contributed by atoms with Crippen molar-refractivity contribution < 1.29 is 28.6 Å². The lowest BCUT2D eigenvalue weighted by atomic mass is 10.1. The number of carbonyl (C=O) groups is 2. The van der Waals surface area contributed by atoms with Crippen molar-refractivity contribution in [2.45, 2.75) is 39.7 Å². The zero-order valence-electron chi connectivity index (χ0n) is 16.4. The molecule has 9 heteroatoms. The molecule has 0 saturated heterocycles. The minimum atomic E-state index is -0.829. The van der Waals surface area contributed by atoms with Crippen LogP contribution in [-0.4, -0.2) is 46.3 Å². The number of thiocarbonyl (C=S) groups is 1. The summed E-state index contributed by atoms with van der Waals surface area (Å²) < 4.78 is 24.3. The van der Waals surface area contributed by atoms with Crippen LogP contribution in [0, 0.1) is 12.7 Å². The van der Waals surface area contributed by atoms with Crippen molar-refractivity contribution in [1.29, 1.82) is 0 Å². The molecule has 0 atom stereocenters. The summed E-state index contributed by atoms with van der Waals surface area (Å²) in [6, 6.07) is 2.45. The number of aliphatic hydroxyl groups excluding tert-OH is 1. The van der Waals surface area contributed by atoms with Crippen molar-refractivity contribution >= 4 is 34.9 Å². The lowest BCUT2D eigenvalue weighted by Crippen LogP contribution is -2.46. The van der Waals surface area contributed by atoms with Gasteiger partial charge >= 0.3 is 6.09 Å². The van der Waals surface area contributed by atoms with Crippen LogP contribution in [0.2, 0.25) is 0 Å². The number of aliphatic hydroxyl groups is 1. The fourth-order valence-electron chi connectivity index (χ4n) is 2.70. The maximum absolute atomic E-state index is 13.8. The van der Waals surface area contributed by atoms with Gasteiger partial charge in [0.15, 0.2) is 0 Å². The zero-order chi connectivity index (χ0) is 21.2. The van der Waals surface area contributed by atoms with Gasteiger partial charge in [-0.3, -0.25) is 4.79 Å².